The Kier molecular flexibility index (Phi) is 4.95. The van der Waals surface area contributed by atoms with Gasteiger partial charge in [0, 0.05) is 0 Å². The van der Waals surface area contributed by atoms with Crippen molar-refractivity contribution >= 4 is 65.0 Å². The van der Waals surface area contributed by atoms with Crippen molar-refractivity contribution in [1.29, 1.82) is 0 Å². The number of nitrogens with zero attached hydrogens (tertiary/aromatic N) is 2. The second-order valence-electron chi connectivity index (χ2n) is 8.65. The number of pyridine rings is 1. The molecule has 0 N–H and O–H groups in total. The van der Waals surface area contributed by atoms with E-state index >= 15 is 0 Å². The first-order chi connectivity index (χ1) is 17.2. The predicted octanol–water partition coefficient (Wildman–Crippen LogP) is 6.04. The van der Waals surface area contributed by atoms with Crippen LogP contribution in [0.1, 0.15) is 3.58 Å². The van der Waals surface area contributed by atoms with Crippen LogP contribution in [0.3, 0.4) is 0 Å². The third kappa shape index (κ3) is 3.25. The van der Waals surface area contributed by atoms with E-state index < -0.39 is 20.4 Å². The van der Waals surface area contributed by atoms with E-state index in [0.717, 1.165) is 20.6 Å². The van der Waals surface area contributed by atoms with Crippen molar-refractivity contribution in [2.75, 3.05) is 4.90 Å². The van der Waals surface area contributed by atoms with Gasteiger partial charge in [-0.05, 0) is 0 Å². The normalized spacial score (nSPS) is 21.0. The van der Waals surface area contributed by atoms with Gasteiger partial charge in [-0.3, -0.25) is 0 Å². The molecule has 4 heterocycles. The van der Waals surface area contributed by atoms with Crippen LogP contribution >= 0.6 is 11.8 Å². The predicted molar refractivity (Wildman–Crippen MR) is 142 cm³/mol. The molecule has 168 valence electrons. The van der Waals surface area contributed by atoms with Crippen LogP contribution in [-0.2, 0) is 9.59 Å². The molecular weight excluding hydrogens is 568 g/mol. The topological polar surface area (TPSA) is 50.3 Å². The van der Waals surface area contributed by atoms with E-state index in [2.05, 4.69) is 71.6 Å². The number of ketones is 2. The number of benzene rings is 2. The van der Waals surface area contributed by atoms with Crippen molar-refractivity contribution in [1.82, 2.24) is 4.98 Å². The molecule has 0 amide bonds. The van der Waals surface area contributed by atoms with Crippen molar-refractivity contribution < 1.29 is 9.59 Å². The number of hydrogen-bond acceptors (Lipinski definition) is 5. The summed E-state index contributed by atoms with van der Waals surface area (Å²) in [6.45, 7) is 0. The van der Waals surface area contributed by atoms with E-state index in [1.54, 1.807) is 0 Å². The van der Waals surface area contributed by atoms with Crippen LogP contribution in [0.4, 0.5) is 15.2 Å². The Hall–Kier alpha value is -3.17. The second-order valence-corrected chi connectivity index (χ2v) is 12.8. The molecule has 2 atom stereocenters. The van der Waals surface area contributed by atoms with Gasteiger partial charge >= 0.3 is 218 Å². The summed E-state index contributed by atoms with van der Waals surface area (Å²) in [5.74, 6) is 0.554. The SMILES string of the molecule is O=C1/C(=C\c2ccc(N3c4ccccc4-c4ccccc4-c4cccnc43)[te]2)C(=O)C2SC=CC12. The quantitative estimate of drug-likeness (QED) is 0.144. The average Bonchev–Trinajstić information content (AvgIpc) is 3.60. The van der Waals surface area contributed by atoms with Crippen LogP contribution in [0.5, 0.6) is 0 Å². The van der Waals surface area contributed by atoms with Gasteiger partial charge in [0.1, 0.15) is 0 Å². The number of carbonyl (C=O) groups excluding carboxylic acids is 2. The van der Waals surface area contributed by atoms with Gasteiger partial charge in [0.2, 0.25) is 0 Å². The molecule has 1 fully saturated rings. The Morgan fingerprint density at radius 2 is 1.57 bits per heavy atom. The maximum absolute atomic E-state index is 12.9. The molecule has 0 spiro atoms. The van der Waals surface area contributed by atoms with Gasteiger partial charge in [-0.15, -0.1) is 0 Å². The standard InChI is InChI=1S/C29H18N2O2STe/c32-26-22-13-15-34-28(22)27(33)23(26)16-17-11-12-25(35-17)31-24-10-4-3-8-20(24)18-6-1-2-7-19(18)21-9-5-14-30-29(21)31/h1-16,22,28H/b23-16+. The van der Waals surface area contributed by atoms with Gasteiger partial charge in [-0.2, -0.15) is 0 Å². The van der Waals surface area contributed by atoms with Crippen LogP contribution in [0, 0.1) is 5.92 Å². The zero-order chi connectivity index (χ0) is 23.5. The summed E-state index contributed by atoms with van der Waals surface area (Å²) in [4.78, 5) is 32.9. The van der Waals surface area contributed by atoms with E-state index in [0.29, 0.717) is 5.57 Å². The molecule has 6 heteroatoms. The van der Waals surface area contributed by atoms with Crippen molar-refractivity contribution in [3.8, 4) is 22.3 Å². The summed E-state index contributed by atoms with van der Waals surface area (Å²) in [6, 6.07) is 25.3. The number of allylic oxidation sites excluding steroid dienone is 2. The fraction of sp³-hybridized carbons (Fsp3) is 0.0690. The third-order valence-electron chi connectivity index (χ3n) is 6.70. The van der Waals surface area contributed by atoms with Gasteiger partial charge in [-0.25, -0.2) is 0 Å². The molecule has 4 nitrogen and oxygen atoms in total. The number of fused-ring (bicyclic) bond motifs is 6. The molecule has 2 aromatic carbocycles. The molecular formula is C29H18N2O2STe. The number of hydrogen-bond donors (Lipinski definition) is 0. The van der Waals surface area contributed by atoms with Crippen molar-refractivity contribution in [2.45, 2.75) is 5.25 Å². The summed E-state index contributed by atoms with van der Waals surface area (Å²) in [5, 5.41) is 1.61. The summed E-state index contributed by atoms with van der Waals surface area (Å²) >= 11 is 0.609. The van der Waals surface area contributed by atoms with Gasteiger partial charge in [0.05, 0.1) is 0 Å². The molecule has 0 saturated heterocycles. The fourth-order valence-electron chi connectivity index (χ4n) is 5.10. The zero-order valence-corrected chi connectivity index (χ0v) is 21.6. The minimum atomic E-state index is -0.852. The van der Waals surface area contributed by atoms with Gasteiger partial charge in [0.15, 0.2) is 0 Å². The average molecular weight is 586 g/mol. The number of para-hydroxylation sites is 1. The first kappa shape index (κ1) is 21.1. The molecule has 2 aliphatic heterocycles. The Labute approximate surface area is 216 Å². The van der Waals surface area contributed by atoms with Crippen molar-refractivity contribution in [3.05, 3.63) is 99.6 Å². The number of rotatable bonds is 2. The van der Waals surface area contributed by atoms with Gasteiger partial charge in [-0.1, -0.05) is 0 Å². The number of aromatic nitrogens is 1. The summed E-state index contributed by atoms with van der Waals surface area (Å²) in [6.07, 6.45) is 5.57. The van der Waals surface area contributed by atoms with Crippen LogP contribution in [-0.4, -0.2) is 42.2 Å². The molecule has 1 saturated carbocycles. The first-order valence-corrected chi connectivity index (χ1v) is 14.6. The second kappa shape index (κ2) is 8.20. The molecule has 0 radical (unpaired) electrons. The fourth-order valence-corrected chi connectivity index (χ4v) is 8.92. The number of thioether (sulfide) groups is 1. The molecule has 35 heavy (non-hydrogen) atoms. The molecule has 2 aromatic heterocycles. The van der Waals surface area contributed by atoms with Gasteiger partial charge in [0.25, 0.3) is 0 Å². The summed E-state index contributed by atoms with van der Waals surface area (Å²) < 4.78 is 2.28. The van der Waals surface area contributed by atoms with E-state index in [4.69, 9.17) is 4.98 Å². The molecule has 3 aliphatic rings. The van der Waals surface area contributed by atoms with E-state index in [-0.39, 0.29) is 22.7 Å². The Balaban J connectivity index is 1.38. The van der Waals surface area contributed by atoms with E-state index in [1.807, 2.05) is 29.8 Å². The summed E-state index contributed by atoms with van der Waals surface area (Å²) in [5.41, 5.74) is 6.08. The monoisotopic (exact) mass is 588 g/mol. The van der Waals surface area contributed by atoms with Gasteiger partial charge < -0.3 is 0 Å². The molecule has 0 bridgehead atoms. The van der Waals surface area contributed by atoms with Crippen molar-refractivity contribution in [2.24, 2.45) is 5.92 Å². The zero-order valence-electron chi connectivity index (χ0n) is 18.4. The van der Waals surface area contributed by atoms with Crippen LogP contribution in [0.15, 0.2) is 96.1 Å². The Bertz CT molecular complexity index is 1530. The number of anilines is 3. The summed E-state index contributed by atoms with van der Waals surface area (Å²) in [7, 11) is 0. The maximum atomic E-state index is 12.9. The third-order valence-corrected chi connectivity index (χ3v) is 10.7. The van der Waals surface area contributed by atoms with Crippen molar-refractivity contribution in [3.63, 3.8) is 0 Å². The molecule has 4 aromatic rings. The van der Waals surface area contributed by atoms with Crippen LogP contribution < -0.4 is 4.90 Å². The molecule has 2 unspecified atom stereocenters. The number of Topliss-reactive ketones (excluding diaryl/α,β-unsaturated/α-hetero) is 2. The molecule has 7 rings (SSSR count). The Morgan fingerprint density at radius 1 is 0.829 bits per heavy atom. The number of carbonyl (C=O) groups is 2. The Morgan fingerprint density at radius 3 is 2.40 bits per heavy atom. The van der Waals surface area contributed by atoms with Crippen LogP contribution in [0.2, 0.25) is 0 Å². The molecule has 1 aliphatic carbocycles. The minimum absolute atomic E-state index is 0.0283. The van der Waals surface area contributed by atoms with Crippen LogP contribution in [0.25, 0.3) is 28.3 Å². The van der Waals surface area contributed by atoms with E-state index in [1.165, 1.54) is 32.2 Å². The first-order valence-electron chi connectivity index (χ1n) is 11.4. The van der Waals surface area contributed by atoms with E-state index in [9.17, 15) is 9.59 Å².